The molecular formula is C21H26N2O5S. The molecule has 0 aliphatic heterocycles. The maximum absolute atomic E-state index is 12.2. The van der Waals surface area contributed by atoms with Gasteiger partial charge in [-0.2, -0.15) is 0 Å². The topological polar surface area (TPSA) is 102 Å². The van der Waals surface area contributed by atoms with Gasteiger partial charge in [-0.05, 0) is 36.1 Å². The second-order valence-electron chi connectivity index (χ2n) is 6.86. The van der Waals surface area contributed by atoms with Crippen LogP contribution in [-0.2, 0) is 24.3 Å². The van der Waals surface area contributed by atoms with Crippen LogP contribution in [0.5, 0.6) is 0 Å². The molecule has 2 aromatic carbocycles. The van der Waals surface area contributed by atoms with Gasteiger partial charge in [0.05, 0.1) is 11.3 Å². The van der Waals surface area contributed by atoms with E-state index in [4.69, 9.17) is 4.74 Å². The van der Waals surface area contributed by atoms with Crippen LogP contribution in [0.3, 0.4) is 0 Å². The molecular weight excluding hydrogens is 392 g/mol. The number of nitrogens with one attached hydrogen (secondary N) is 2. The second kappa shape index (κ2) is 10.2. The summed E-state index contributed by atoms with van der Waals surface area (Å²) in [5, 5.41) is 2.79. The maximum atomic E-state index is 12.2. The molecule has 0 aliphatic rings. The van der Waals surface area contributed by atoms with Crippen LogP contribution in [0.25, 0.3) is 0 Å². The van der Waals surface area contributed by atoms with Gasteiger partial charge >= 0.3 is 5.97 Å². The number of rotatable bonds is 9. The summed E-state index contributed by atoms with van der Waals surface area (Å²) in [4.78, 5) is 24.1. The highest BCUT2D eigenvalue weighted by Gasteiger charge is 2.16. The summed E-state index contributed by atoms with van der Waals surface area (Å²) in [6, 6.07) is 13.6. The number of sulfonamides is 1. The van der Waals surface area contributed by atoms with Crippen LogP contribution >= 0.6 is 0 Å². The van der Waals surface area contributed by atoms with E-state index in [1.165, 1.54) is 12.1 Å². The Labute approximate surface area is 171 Å². The number of carbonyl (C=O) groups excluding carboxylic acids is 2. The third-order valence-electron chi connectivity index (χ3n) is 4.23. The van der Waals surface area contributed by atoms with E-state index in [1.54, 1.807) is 18.2 Å². The molecule has 8 heteroatoms. The zero-order valence-corrected chi connectivity index (χ0v) is 17.6. The Kier molecular flexibility index (Phi) is 7.92. The van der Waals surface area contributed by atoms with Crippen LogP contribution in [0.4, 0.5) is 5.69 Å². The molecule has 0 heterocycles. The fourth-order valence-corrected chi connectivity index (χ4v) is 3.76. The number of amides is 1. The van der Waals surface area contributed by atoms with Crippen molar-refractivity contribution >= 4 is 27.6 Å². The Morgan fingerprint density at radius 1 is 1.03 bits per heavy atom. The van der Waals surface area contributed by atoms with Crippen molar-refractivity contribution in [2.75, 3.05) is 18.5 Å². The van der Waals surface area contributed by atoms with Crippen molar-refractivity contribution in [3.05, 3.63) is 59.7 Å². The first kappa shape index (κ1) is 22.6. The van der Waals surface area contributed by atoms with E-state index >= 15 is 0 Å². The smallest absolute Gasteiger partial charge is 0.307 e. The molecule has 0 fully saturated rings. The molecule has 2 N–H and O–H groups in total. The number of carbonyl (C=O) groups is 2. The Morgan fingerprint density at radius 3 is 2.38 bits per heavy atom. The van der Waals surface area contributed by atoms with Gasteiger partial charge in [-0.1, -0.05) is 50.2 Å². The lowest BCUT2D eigenvalue weighted by atomic mass is 9.98. The second-order valence-corrected chi connectivity index (χ2v) is 8.63. The molecule has 0 bridgehead atoms. The van der Waals surface area contributed by atoms with Gasteiger partial charge in [0.25, 0.3) is 5.91 Å². The molecule has 2 aromatic rings. The standard InChI is InChI=1S/C21H26N2O5S/c1-15(2)18-11-7-8-16(3)21(18)23-19(24)14-28-20(25)12-13-22-29(26,27)17-9-5-4-6-10-17/h4-11,15,22H,12-14H2,1-3H3,(H,23,24). The fourth-order valence-electron chi connectivity index (χ4n) is 2.71. The van der Waals surface area contributed by atoms with Crippen LogP contribution in [0.15, 0.2) is 53.4 Å². The van der Waals surface area contributed by atoms with E-state index in [1.807, 2.05) is 39.0 Å². The third-order valence-corrected chi connectivity index (χ3v) is 5.71. The van der Waals surface area contributed by atoms with Crippen LogP contribution in [0.1, 0.15) is 37.3 Å². The van der Waals surface area contributed by atoms with Crippen molar-refractivity contribution in [1.82, 2.24) is 4.72 Å². The normalized spacial score (nSPS) is 11.3. The molecule has 7 nitrogen and oxygen atoms in total. The van der Waals surface area contributed by atoms with Crippen LogP contribution in [0, 0.1) is 6.92 Å². The summed E-state index contributed by atoms with van der Waals surface area (Å²) in [5.74, 6) is -0.880. The molecule has 0 atom stereocenters. The number of hydrogen-bond acceptors (Lipinski definition) is 5. The monoisotopic (exact) mass is 418 g/mol. The Morgan fingerprint density at radius 2 is 1.72 bits per heavy atom. The molecule has 0 aliphatic carbocycles. The third kappa shape index (κ3) is 6.69. The Balaban J connectivity index is 1.81. The molecule has 0 spiro atoms. The molecule has 1 amide bonds. The van der Waals surface area contributed by atoms with Crippen molar-refractivity contribution in [2.45, 2.75) is 38.0 Å². The van der Waals surface area contributed by atoms with Crippen molar-refractivity contribution in [1.29, 1.82) is 0 Å². The summed E-state index contributed by atoms with van der Waals surface area (Å²) < 4.78 is 31.4. The molecule has 0 aromatic heterocycles. The Bertz CT molecular complexity index is 956. The number of anilines is 1. The first-order valence-electron chi connectivity index (χ1n) is 9.30. The highest BCUT2D eigenvalue weighted by molar-refractivity contribution is 7.89. The highest BCUT2D eigenvalue weighted by atomic mass is 32.2. The molecule has 0 unspecified atom stereocenters. The predicted molar refractivity (Wildman–Crippen MR) is 111 cm³/mol. The molecule has 0 saturated carbocycles. The number of esters is 1. The quantitative estimate of drug-likeness (QED) is 0.610. The predicted octanol–water partition coefficient (Wildman–Crippen LogP) is 2.97. The number of benzene rings is 2. The molecule has 29 heavy (non-hydrogen) atoms. The van der Waals surface area contributed by atoms with Gasteiger partial charge in [-0.3, -0.25) is 9.59 Å². The maximum Gasteiger partial charge on any atom is 0.307 e. The summed E-state index contributed by atoms with van der Waals surface area (Å²) in [6.07, 6.45) is -0.180. The minimum atomic E-state index is -3.68. The summed E-state index contributed by atoms with van der Waals surface area (Å²) in [5.41, 5.74) is 2.64. The lowest BCUT2D eigenvalue weighted by Crippen LogP contribution is -2.28. The van der Waals surface area contributed by atoms with Gasteiger partial charge in [0.15, 0.2) is 6.61 Å². The van der Waals surface area contributed by atoms with Gasteiger partial charge in [0.2, 0.25) is 10.0 Å². The first-order valence-corrected chi connectivity index (χ1v) is 10.8. The van der Waals surface area contributed by atoms with Crippen LogP contribution < -0.4 is 10.0 Å². The van der Waals surface area contributed by atoms with E-state index in [2.05, 4.69) is 10.0 Å². The molecule has 156 valence electrons. The zero-order valence-electron chi connectivity index (χ0n) is 16.8. The van der Waals surface area contributed by atoms with E-state index in [9.17, 15) is 18.0 Å². The minimum Gasteiger partial charge on any atom is -0.456 e. The van der Waals surface area contributed by atoms with Crippen molar-refractivity contribution in [2.24, 2.45) is 0 Å². The van der Waals surface area contributed by atoms with Crippen LogP contribution in [-0.4, -0.2) is 33.4 Å². The fraction of sp³-hybridized carbons (Fsp3) is 0.333. The minimum absolute atomic E-state index is 0.118. The van der Waals surface area contributed by atoms with E-state index in [-0.39, 0.29) is 23.8 Å². The molecule has 0 radical (unpaired) electrons. The number of para-hydroxylation sites is 1. The number of ether oxygens (including phenoxy) is 1. The van der Waals surface area contributed by atoms with Crippen molar-refractivity contribution in [3.8, 4) is 0 Å². The lowest BCUT2D eigenvalue weighted by Gasteiger charge is -2.16. The Hall–Kier alpha value is -2.71. The van der Waals surface area contributed by atoms with E-state index in [0.717, 1.165) is 16.8 Å². The molecule has 0 saturated heterocycles. The van der Waals surface area contributed by atoms with Crippen molar-refractivity contribution < 1.29 is 22.7 Å². The van der Waals surface area contributed by atoms with Crippen molar-refractivity contribution in [3.63, 3.8) is 0 Å². The van der Waals surface area contributed by atoms with E-state index < -0.39 is 28.5 Å². The SMILES string of the molecule is Cc1cccc(C(C)C)c1NC(=O)COC(=O)CCNS(=O)(=O)c1ccccc1. The lowest BCUT2D eigenvalue weighted by molar-refractivity contribution is -0.147. The van der Waals surface area contributed by atoms with Gasteiger partial charge in [-0.25, -0.2) is 13.1 Å². The molecule has 2 rings (SSSR count). The van der Waals surface area contributed by atoms with Gasteiger partial charge in [-0.15, -0.1) is 0 Å². The van der Waals surface area contributed by atoms with Gasteiger partial charge < -0.3 is 10.1 Å². The van der Waals surface area contributed by atoms with Gasteiger partial charge in [0.1, 0.15) is 0 Å². The highest BCUT2D eigenvalue weighted by Crippen LogP contribution is 2.27. The number of hydrogen-bond donors (Lipinski definition) is 2. The average molecular weight is 419 g/mol. The summed E-state index contributed by atoms with van der Waals surface area (Å²) in [7, 11) is -3.68. The number of aryl methyl sites for hydroxylation is 1. The first-order chi connectivity index (χ1) is 13.7. The average Bonchev–Trinajstić information content (AvgIpc) is 2.68. The van der Waals surface area contributed by atoms with E-state index in [0.29, 0.717) is 0 Å². The van der Waals surface area contributed by atoms with Crippen LogP contribution in [0.2, 0.25) is 0 Å². The zero-order chi connectivity index (χ0) is 21.4. The summed E-state index contributed by atoms with van der Waals surface area (Å²) >= 11 is 0. The largest absolute Gasteiger partial charge is 0.456 e. The van der Waals surface area contributed by atoms with Gasteiger partial charge in [0, 0.05) is 12.2 Å². The summed E-state index contributed by atoms with van der Waals surface area (Å²) in [6.45, 7) is 5.40.